The summed E-state index contributed by atoms with van der Waals surface area (Å²) in [6.07, 6.45) is -6.35. The molecule has 0 aliphatic heterocycles. The largest absolute Gasteiger partial charge is 0.479 e. The Morgan fingerprint density at radius 1 is 1.33 bits per heavy atom. The molecule has 0 saturated carbocycles. The Kier molecular flexibility index (Phi) is 4.98. The van der Waals surface area contributed by atoms with Crippen LogP contribution in [0.1, 0.15) is 12.5 Å². The Morgan fingerprint density at radius 2 is 1.94 bits per heavy atom. The van der Waals surface area contributed by atoms with Gasteiger partial charge in [0.1, 0.15) is 5.75 Å². The van der Waals surface area contributed by atoms with Crippen LogP contribution in [-0.4, -0.2) is 30.0 Å². The maximum Gasteiger partial charge on any atom is 0.426 e. The number of hydrogen-bond acceptors (Lipinski definition) is 3. The lowest BCUT2D eigenvalue weighted by molar-refractivity contribution is -0.199. The van der Waals surface area contributed by atoms with E-state index in [2.05, 4.69) is 0 Å². The number of halogens is 3. The van der Waals surface area contributed by atoms with Crippen molar-refractivity contribution in [1.29, 1.82) is 0 Å². The van der Waals surface area contributed by atoms with Gasteiger partial charge in [-0.25, -0.2) is 0 Å². The minimum atomic E-state index is -4.53. The lowest BCUT2D eigenvalue weighted by Crippen LogP contribution is -2.47. The smallest absolute Gasteiger partial charge is 0.426 e. The molecule has 102 valence electrons. The molecule has 0 heterocycles. The van der Waals surface area contributed by atoms with Crippen molar-refractivity contribution in [2.45, 2.75) is 31.7 Å². The van der Waals surface area contributed by atoms with Gasteiger partial charge in [0.05, 0.1) is 0 Å². The van der Waals surface area contributed by atoms with Gasteiger partial charge in [0.2, 0.25) is 6.10 Å². The molecule has 1 aromatic rings. The van der Waals surface area contributed by atoms with Crippen molar-refractivity contribution in [3.63, 3.8) is 0 Å². The number of aliphatic hydroxyl groups excluding tert-OH is 1. The number of para-hydroxylation sites is 1. The molecular weight excluding hydrogens is 247 g/mol. The van der Waals surface area contributed by atoms with E-state index in [1.165, 1.54) is 13.0 Å². The fourth-order valence-corrected chi connectivity index (χ4v) is 1.55. The molecule has 0 radical (unpaired) electrons. The van der Waals surface area contributed by atoms with E-state index in [4.69, 9.17) is 15.6 Å². The molecule has 6 heteroatoms. The number of benzene rings is 1. The topological polar surface area (TPSA) is 55.5 Å². The first-order valence-corrected chi connectivity index (χ1v) is 5.54. The number of alkyl halides is 3. The van der Waals surface area contributed by atoms with Gasteiger partial charge in [-0.1, -0.05) is 18.2 Å². The Labute approximate surface area is 103 Å². The van der Waals surface area contributed by atoms with Gasteiger partial charge in [0.25, 0.3) is 0 Å². The zero-order chi connectivity index (χ0) is 13.8. The Morgan fingerprint density at radius 3 is 2.44 bits per heavy atom. The van der Waals surface area contributed by atoms with Gasteiger partial charge in [0, 0.05) is 12.6 Å². The summed E-state index contributed by atoms with van der Waals surface area (Å²) < 4.78 is 43.1. The van der Waals surface area contributed by atoms with Crippen LogP contribution >= 0.6 is 0 Å². The first kappa shape index (κ1) is 14.8. The molecule has 0 aromatic heterocycles. The maximum absolute atomic E-state index is 12.7. The predicted molar refractivity (Wildman–Crippen MR) is 61.4 cm³/mol. The van der Waals surface area contributed by atoms with Crippen molar-refractivity contribution < 1.29 is 23.0 Å². The normalized spacial score (nSPS) is 15.2. The van der Waals surface area contributed by atoms with Gasteiger partial charge in [-0.05, 0) is 25.0 Å². The Bertz CT molecular complexity index is 380. The first-order chi connectivity index (χ1) is 8.36. The quantitative estimate of drug-likeness (QED) is 0.852. The van der Waals surface area contributed by atoms with Crippen LogP contribution in [0.2, 0.25) is 0 Å². The zero-order valence-corrected chi connectivity index (χ0v) is 9.95. The molecule has 0 amide bonds. The molecule has 0 spiro atoms. The van der Waals surface area contributed by atoms with E-state index in [1.54, 1.807) is 18.2 Å². The van der Waals surface area contributed by atoms with E-state index in [0.717, 1.165) is 0 Å². The van der Waals surface area contributed by atoms with Gasteiger partial charge in [-0.2, -0.15) is 13.2 Å². The summed E-state index contributed by atoms with van der Waals surface area (Å²) in [5.74, 6) is 0.103. The van der Waals surface area contributed by atoms with E-state index >= 15 is 0 Å². The van der Waals surface area contributed by atoms with Crippen molar-refractivity contribution in [3.05, 3.63) is 29.8 Å². The van der Waals surface area contributed by atoms with Crippen LogP contribution in [0, 0.1) is 0 Å². The van der Waals surface area contributed by atoms with Crippen molar-refractivity contribution in [2.24, 2.45) is 5.73 Å². The SMILES string of the molecule is CC(N)C(Oc1ccccc1CCO)C(F)(F)F. The molecular formula is C12H16F3NO2. The van der Waals surface area contributed by atoms with Gasteiger partial charge >= 0.3 is 6.18 Å². The number of nitrogens with two attached hydrogens (primary N) is 1. The second-order valence-electron chi connectivity index (χ2n) is 4.02. The van der Waals surface area contributed by atoms with E-state index in [1.807, 2.05) is 0 Å². The standard InChI is InChI=1S/C12H16F3NO2/c1-8(16)11(12(13,14)15)18-10-5-3-2-4-9(10)6-7-17/h2-5,8,11,17H,6-7,16H2,1H3. The molecule has 2 atom stereocenters. The van der Waals surface area contributed by atoms with Crippen LogP contribution in [0.3, 0.4) is 0 Å². The lowest BCUT2D eigenvalue weighted by atomic mass is 10.1. The highest BCUT2D eigenvalue weighted by molar-refractivity contribution is 5.33. The van der Waals surface area contributed by atoms with Gasteiger partial charge in [0.15, 0.2) is 0 Å². The number of ether oxygens (including phenoxy) is 1. The fraction of sp³-hybridized carbons (Fsp3) is 0.500. The minimum Gasteiger partial charge on any atom is -0.479 e. The van der Waals surface area contributed by atoms with Crippen LogP contribution in [-0.2, 0) is 6.42 Å². The highest BCUT2D eigenvalue weighted by Crippen LogP contribution is 2.28. The molecule has 0 bridgehead atoms. The van der Waals surface area contributed by atoms with Crippen molar-refractivity contribution in [3.8, 4) is 5.75 Å². The maximum atomic E-state index is 12.7. The average molecular weight is 263 g/mol. The predicted octanol–water partition coefficient (Wildman–Crippen LogP) is 1.88. The van der Waals surface area contributed by atoms with E-state index in [9.17, 15) is 13.2 Å². The molecule has 0 saturated heterocycles. The molecule has 0 aliphatic carbocycles. The minimum absolute atomic E-state index is 0.103. The fourth-order valence-electron chi connectivity index (χ4n) is 1.55. The van der Waals surface area contributed by atoms with Crippen LogP contribution < -0.4 is 10.5 Å². The average Bonchev–Trinajstić information content (AvgIpc) is 2.26. The number of hydrogen-bond donors (Lipinski definition) is 2. The molecule has 18 heavy (non-hydrogen) atoms. The zero-order valence-electron chi connectivity index (χ0n) is 9.95. The molecule has 0 aliphatic rings. The monoisotopic (exact) mass is 263 g/mol. The third-order valence-corrected chi connectivity index (χ3v) is 2.41. The summed E-state index contributed by atoms with van der Waals surface area (Å²) in [7, 11) is 0. The summed E-state index contributed by atoms with van der Waals surface area (Å²) >= 11 is 0. The number of rotatable bonds is 5. The third kappa shape index (κ3) is 3.89. The summed E-state index contributed by atoms with van der Waals surface area (Å²) in [5.41, 5.74) is 5.82. The first-order valence-electron chi connectivity index (χ1n) is 5.54. The van der Waals surface area contributed by atoms with Crippen LogP contribution in [0.15, 0.2) is 24.3 Å². The van der Waals surface area contributed by atoms with Crippen LogP contribution in [0.25, 0.3) is 0 Å². The number of aliphatic hydroxyl groups is 1. The van der Waals surface area contributed by atoms with Crippen LogP contribution in [0.4, 0.5) is 13.2 Å². The molecule has 1 rings (SSSR count). The third-order valence-electron chi connectivity index (χ3n) is 2.41. The molecule has 1 aromatic carbocycles. The second-order valence-corrected chi connectivity index (χ2v) is 4.02. The van der Waals surface area contributed by atoms with E-state index in [0.29, 0.717) is 5.56 Å². The lowest BCUT2D eigenvalue weighted by Gasteiger charge is -2.25. The van der Waals surface area contributed by atoms with Crippen molar-refractivity contribution >= 4 is 0 Å². The summed E-state index contributed by atoms with van der Waals surface area (Å²) in [5, 5.41) is 8.84. The molecule has 3 nitrogen and oxygen atoms in total. The molecule has 2 unspecified atom stereocenters. The van der Waals surface area contributed by atoms with Crippen LogP contribution in [0.5, 0.6) is 5.75 Å². The Hall–Kier alpha value is -1.27. The van der Waals surface area contributed by atoms with Crippen molar-refractivity contribution in [1.82, 2.24) is 0 Å². The van der Waals surface area contributed by atoms with Crippen molar-refractivity contribution in [2.75, 3.05) is 6.61 Å². The summed E-state index contributed by atoms with van der Waals surface area (Å²) in [6.45, 7) is 1.09. The molecule has 3 N–H and O–H groups in total. The highest BCUT2D eigenvalue weighted by atomic mass is 19.4. The van der Waals surface area contributed by atoms with Gasteiger partial charge in [-0.15, -0.1) is 0 Å². The van der Waals surface area contributed by atoms with Gasteiger partial charge in [-0.3, -0.25) is 0 Å². The van der Waals surface area contributed by atoms with Gasteiger partial charge < -0.3 is 15.6 Å². The summed E-state index contributed by atoms with van der Waals surface area (Å²) in [4.78, 5) is 0. The molecule has 0 fully saturated rings. The second kappa shape index (κ2) is 6.06. The highest BCUT2D eigenvalue weighted by Gasteiger charge is 2.44. The Balaban J connectivity index is 2.94. The van der Waals surface area contributed by atoms with E-state index < -0.39 is 18.3 Å². The summed E-state index contributed by atoms with van der Waals surface area (Å²) in [6, 6.07) is 5.12. The van der Waals surface area contributed by atoms with E-state index in [-0.39, 0.29) is 18.8 Å².